The van der Waals surface area contributed by atoms with Gasteiger partial charge in [-0.25, -0.2) is 8.42 Å². The number of hydrogen-bond donors (Lipinski definition) is 0. The molecule has 1 aromatic rings. The maximum Gasteiger partial charge on any atom is 0.256 e. The Morgan fingerprint density at radius 3 is 2.92 bits per heavy atom. The molecule has 0 radical (unpaired) electrons. The number of aryl methyl sites for hydroxylation is 1. The van der Waals surface area contributed by atoms with Crippen LogP contribution in [0.4, 0.5) is 0 Å². The number of aromatic nitrogens is 1. The van der Waals surface area contributed by atoms with Crippen molar-refractivity contribution in [2.45, 2.75) is 25.8 Å². The molecular formula is C16H18N4O4S. The Kier molecular flexibility index (Phi) is 3.75. The number of nitrogens with zero attached hydrogens (tertiary/aromatic N) is 4. The van der Waals surface area contributed by atoms with Crippen molar-refractivity contribution in [2.75, 3.05) is 18.8 Å². The van der Waals surface area contributed by atoms with Crippen molar-refractivity contribution in [3.05, 3.63) is 41.4 Å². The van der Waals surface area contributed by atoms with Gasteiger partial charge < -0.3 is 14.3 Å². The highest BCUT2D eigenvalue weighted by atomic mass is 32.2. The molecule has 1 saturated heterocycles. The molecule has 1 aromatic heterocycles. The van der Waals surface area contributed by atoms with Gasteiger partial charge in [-0.3, -0.25) is 4.79 Å². The summed E-state index contributed by atoms with van der Waals surface area (Å²) in [6, 6.07) is 1.75. The molecule has 1 amide bonds. The van der Waals surface area contributed by atoms with Gasteiger partial charge in [-0.1, -0.05) is 5.16 Å². The molecule has 0 saturated carbocycles. The fourth-order valence-corrected chi connectivity index (χ4v) is 4.31. The quantitative estimate of drug-likeness (QED) is 0.783. The van der Waals surface area contributed by atoms with Gasteiger partial charge in [0.2, 0.25) is 0 Å². The Hall–Kier alpha value is -2.42. The van der Waals surface area contributed by atoms with Crippen molar-refractivity contribution in [1.29, 1.82) is 0 Å². The van der Waals surface area contributed by atoms with E-state index in [1.165, 1.54) is 0 Å². The van der Waals surface area contributed by atoms with Crippen LogP contribution >= 0.6 is 0 Å². The van der Waals surface area contributed by atoms with Crippen LogP contribution in [0, 0.1) is 6.92 Å². The first kappa shape index (κ1) is 16.1. The molecule has 0 aliphatic carbocycles. The lowest BCUT2D eigenvalue weighted by molar-refractivity contribution is -0.128. The minimum absolute atomic E-state index is 0.0496. The van der Waals surface area contributed by atoms with E-state index < -0.39 is 10.0 Å². The summed E-state index contributed by atoms with van der Waals surface area (Å²) in [6.07, 6.45) is 6.62. The molecular weight excluding hydrogens is 344 g/mol. The summed E-state index contributed by atoms with van der Waals surface area (Å²) in [4.78, 5) is 16.4. The SMILES string of the molecule is Cc1cc(C2CCCN2C(=O)C2=CN3CCS(=O)(=O)N=C3C=C2)on1. The lowest BCUT2D eigenvalue weighted by Gasteiger charge is -2.29. The second-order valence-corrected chi connectivity index (χ2v) is 8.13. The minimum atomic E-state index is -3.40. The molecule has 0 spiro atoms. The van der Waals surface area contributed by atoms with Crippen LogP contribution in [0.15, 0.2) is 38.9 Å². The van der Waals surface area contributed by atoms with Gasteiger partial charge in [0.05, 0.1) is 23.1 Å². The van der Waals surface area contributed by atoms with Gasteiger partial charge in [-0.05, 0) is 31.9 Å². The molecule has 1 atom stereocenters. The Bertz CT molecular complexity index is 912. The lowest BCUT2D eigenvalue weighted by Crippen LogP contribution is -2.39. The average molecular weight is 362 g/mol. The highest BCUT2D eigenvalue weighted by Crippen LogP contribution is 2.34. The van der Waals surface area contributed by atoms with Crippen LogP contribution in [0.5, 0.6) is 0 Å². The number of carbonyl (C=O) groups excluding carboxylic acids is 1. The molecule has 4 heterocycles. The number of amidine groups is 1. The summed E-state index contributed by atoms with van der Waals surface area (Å²) >= 11 is 0. The number of sulfonamides is 1. The number of carbonyl (C=O) groups is 1. The molecule has 0 aromatic carbocycles. The van der Waals surface area contributed by atoms with E-state index in [9.17, 15) is 13.2 Å². The van der Waals surface area contributed by atoms with E-state index in [-0.39, 0.29) is 17.7 Å². The molecule has 9 heteroatoms. The normalized spacial score (nSPS) is 24.8. The van der Waals surface area contributed by atoms with Gasteiger partial charge >= 0.3 is 0 Å². The Balaban J connectivity index is 1.57. The van der Waals surface area contributed by atoms with E-state index in [1.807, 2.05) is 13.0 Å². The Morgan fingerprint density at radius 2 is 2.16 bits per heavy atom. The second kappa shape index (κ2) is 5.83. The predicted molar refractivity (Wildman–Crippen MR) is 90.1 cm³/mol. The minimum Gasteiger partial charge on any atom is -0.359 e. The summed E-state index contributed by atoms with van der Waals surface area (Å²) in [7, 11) is -3.40. The average Bonchev–Trinajstić information content (AvgIpc) is 3.21. The van der Waals surface area contributed by atoms with E-state index in [4.69, 9.17) is 4.52 Å². The molecule has 3 aliphatic rings. The van der Waals surface area contributed by atoms with Gasteiger partial charge in [0.1, 0.15) is 5.84 Å². The highest BCUT2D eigenvalue weighted by molar-refractivity contribution is 7.90. The third kappa shape index (κ3) is 2.99. The zero-order valence-corrected chi connectivity index (χ0v) is 14.6. The van der Waals surface area contributed by atoms with E-state index in [1.54, 1.807) is 28.2 Å². The molecule has 25 heavy (non-hydrogen) atoms. The van der Waals surface area contributed by atoms with Crippen LogP contribution in [-0.2, 0) is 14.8 Å². The van der Waals surface area contributed by atoms with E-state index in [0.717, 1.165) is 18.5 Å². The monoisotopic (exact) mass is 362 g/mol. The van der Waals surface area contributed by atoms with Crippen LogP contribution in [0.25, 0.3) is 0 Å². The lowest BCUT2D eigenvalue weighted by atomic mass is 10.1. The van der Waals surface area contributed by atoms with Crippen LogP contribution in [-0.4, -0.2) is 54.0 Å². The van der Waals surface area contributed by atoms with Gasteiger partial charge in [0, 0.05) is 25.4 Å². The predicted octanol–water partition coefficient (Wildman–Crippen LogP) is 1.14. The standard InChI is InChI=1S/C16H18N4O4S/c1-11-9-14(24-17-11)13-3-2-6-20(13)16(21)12-4-5-15-18-25(22,23)8-7-19(15)10-12/h4-5,9-10,13H,2-3,6-8H2,1H3. The highest BCUT2D eigenvalue weighted by Gasteiger charge is 2.35. The summed E-state index contributed by atoms with van der Waals surface area (Å²) in [6.45, 7) is 2.81. The summed E-state index contributed by atoms with van der Waals surface area (Å²) < 4.78 is 32.2. The Labute approximate surface area is 145 Å². The van der Waals surface area contributed by atoms with Crippen molar-refractivity contribution in [1.82, 2.24) is 15.0 Å². The van der Waals surface area contributed by atoms with E-state index in [2.05, 4.69) is 9.55 Å². The van der Waals surface area contributed by atoms with Gasteiger partial charge in [-0.2, -0.15) is 0 Å². The fourth-order valence-electron chi connectivity index (χ4n) is 3.34. The molecule has 0 bridgehead atoms. The molecule has 0 N–H and O–H groups in total. The molecule has 4 rings (SSSR count). The third-order valence-electron chi connectivity index (χ3n) is 4.56. The number of hydrogen-bond acceptors (Lipinski definition) is 6. The van der Waals surface area contributed by atoms with Crippen LogP contribution in [0.1, 0.15) is 30.3 Å². The summed E-state index contributed by atoms with van der Waals surface area (Å²) in [5.41, 5.74) is 1.31. The topological polar surface area (TPSA) is 96.1 Å². The maximum absolute atomic E-state index is 13.0. The van der Waals surface area contributed by atoms with Crippen molar-refractivity contribution in [2.24, 2.45) is 4.40 Å². The van der Waals surface area contributed by atoms with Crippen molar-refractivity contribution in [3.63, 3.8) is 0 Å². The first-order valence-corrected chi connectivity index (χ1v) is 9.77. The third-order valence-corrected chi connectivity index (χ3v) is 5.72. The smallest absolute Gasteiger partial charge is 0.256 e. The number of fused-ring (bicyclic) bond motifs is 1. The largest absolute Gasteiger partial charge is 0.359 e. The molecule has 8 nitrogen and oxygen atoms in total. The zero-order valence-electron chi connectivity index (χ0n) is 13.8. The van der Waals surface area contributed by atoms with Crippen molar-refractivity contribution >= 4 is 21.8 Å². The van der Waals surface area contributed by atoms with Gasteiger partial charge in [-0.15, -0.1) is 4.40 Å². The van der Waals surface area contributed by atoms with Crippen molar-refractivity contribution in [3.8, 4) is 0 Å². The number of amides is 1. The number of likely N-dealkylation sites (tertiary alicyclic amines) is 1. The summed E-state index contributed by atoms with van der Waals surface area (Å²) in [5.74, 6) is 0.911. The molecule has 1 unspecified atom stereocenters. The molecule has 132 valence electrons. The van der Waals surface area contributed by atoms with E-state index >= 15 is 0 Å². The molecule has 3 aliphatic heterocycles. The second-order valence-electron chi connectivity index (χ2n) is 6.37. The van der Waals surface area contributed by atoms with Gasteiger partial charge in [0.15, 0.2) is 5.76 Å². The molecule has 1 fully saturated rings. The fraction of sp³-hybridized carbons (Fsp3) is 0.438. The van der Waals surface area contributed by atoms with Gasteiger partial charge in [0.25, 0.3) is 15.9 Å². The maximum atomic E-state index is 13.0. The summed E-state index contributed by atoms with van der Waals surface area (Å²) in [5, 5.41) is 3.91. The number of rotatable bonds is 2. The van der Waals surface area contributed by atoms with Crippen LogP contribution in [0.3, 0.4) is 0 Å². The van der Waals surface area contributed by atoms with E-state index in [0.29, 0.717) is 30.3 Å². The van der Waals surface area contributed by atoms with Crippen LogP contribution < -0.4 is 0 Å². The van der Waals surface area contributed by atoms with Crippen LogP contribution in [0.2, 0.25) is 0 Å². The van der Waals surface area contributed by atoms with Crippen molar-refractivity contribution < 1.29 is 17.7 Å². The first-order chi connectivity index (χ1) is 11.9. The Morgan fingerprint density at radius 1 is 1.32 bits per heavy atom. The zero-order chi connectivity index (χ0) is 17.6. The first-order valence-electron chi connectivity index (χ1n) is 8.16.